The maximum Gasteiger partial charge on any atom is 0.329 e. The smallest absolute Gasteiger partial charge is 0.329 e. The van der Waals surface area contributed by atoms with Gasteiger partial charge in [0.15, 0.2) is 17.3 Å². The minimum Gasteiger partial charge on any atom is -0.504 e. The lowest BCUT2D eigenvalue weighted by molar-refractivity contribution is -0.165. The minimum absolute atomic E-state index is 0.0379. The van der Waals surface area contributed by atoms with Crippen molar-refractivity contribution in [1.29, 1.82) is 0 Å². The molecule has 1 aliphatic heterocycles. The molecule has 1 aromatic carbocycles. The highest BCUT2D eigenvalue weighted by molar-refractivity contribution is 5.91. The Bertz CT molecular complexity index is 1040. The molecule has 2 aliphatic carbocycles. The number of amides is 1. The molecule has 0 spiro atoms. The maximum atomic E-state index is 13.2. The van der Waals surface area contributed by atoms with Gasteiger partial charge in [0.25, 0.3) is 0 Å². The van der Waals surface area contributed by atoms with E-state index in [1.165, 1.54) is 18.2 Å². The van der Waals surface area contributed by atoms with Gasteiger partial charge in [0.05, 0.1) is 0 Å². The number of esters is 1. The third-order valence-electron chi connectivity index (χ3n) is 9.55. The lowest BCUT2D eigenvalue weighted by Gasteiger charge is -2.39. The van der Waals surface area contributed by atoms with E-state index in [0.29, 0.717) is 30.9 Å². The molecule has 3 fully saturated rings. The molecule has 6 atom stereocenters. The Labute approximate surface area is 212 Å². The fourth-order valence-corrected chi connectivity index (χ4v) is 6.64. The number of nitrogens with zero attached hydrogens (tertiary/aromatic N) is 1. The number of carbonyl (C=O) groups excluding carboxylic acids is 3. The average molecular weight is 502 g/mol. The number of phenols is 2. The molecule has 8 heteroatoms. The lowest BCUT2D eigenvalue weighted by Crippen LogP contribution is -2.47. The molecule has 3 aliphatic rings. The molecule has 1 saturated heterocycles. The summed E-state index contributed by atoms with van der Waals surface area (Å²) < 4.78 is 6.05. The van der Waals surface area contributed by atoms with Gasteiger partial charge in [-0.05, 0) is 61.1 Å². The Balaban J connectivity index is 1.33. The number of Topliss-reactive ketones (excluding diaryl/α,β-unsaturated/α-hetero) is 1. The molecule has 0 aromatic heterocycles. The van der Waals surface area contributed by atoms with Crippen LogP contribution in [0.15, 0.2) is 18.2 Å². The van der Waals surface area contributed by atoms with E-state index in [9.17, 15) is 29.7 Å². The number of hydrogen-bond donors (Lipinski definition) is 3. The van der Waals surface area contributed by atoms with Crippen molar-refractivity contribution in [2.45, 2.75) is 90.9 Å². The van der Waals surface area contributed by atoms with Crippen LogP contribution in [0.5, 0.6) is 11.5 Å². The van der Waals surface area contributed by atoms with Gasteiger partial charge in [-0.25, -0.2) is 4.79 Å². The number of benzene rings is 1. The van der Waals surface area contributed by atoms with E-state index in [0.717, 1.165) is 19.3 Å². The first kappa shape index (κ1) is 26.5. The van der Waals surface area contributed by atoms with Gasteiger partial charge >= 0.3 is 5.97 Å². The Morgan fingerprint density at radius 2 is 1.86 bits per heavy atom. The standard InChI is InChI=1S/C28H39NO7/c1-16(12-21(31)23(33)14-17-7-8-20(30)22(32)13-17)25(34)29-11-5-6-19(29)26(35)36-24-15-18-9-10-28(24,4)27(18,2)3/h7-8,13,16,18-19,23-24,30,32-33H,5-6,9-12,14-15H2,1-4H3/t16?,18?,19-,23+,24?,28?/m0/s1. The number of likely N-dealkylation sites (tertiary alicyclic amines) is 1. The van der Waals surface area contributed by atoms with E-state index in [4.69, 9.17) is 4.74 Å². The Morgan fingerprint density at radius 3 is 2.47 bits per heavy atom. The van der Waals surface area contributed by atoms with E-state index in [-0.39, 0.29) is 53.2 Å². The van der Waals surface area contributed by atoms with Crippen molar-refractivity contribution in [1.82, 2.24) is 4.90 Å². The van der Waals surface area contributed by atoms with Gasteiger partial charge in [-0.15, -0.1) is 0 Å². The molecular formula is C28H39NO7. The van der Waals surface area contributed by atoms with Crippen molar-refractivity contribution >= 4 is 17.7 Å². The van der Waals surface area contributed by atoms with Crippen LogP contribution < -0.4 is 0 Å². The average Bonchev–Trinajstić information content (AvgIpc) is 3.44. The zero-order valence-corrected chi connectivity index (χ0v) is 21.7. The van der Waals surface area contributed by atoms with Crippen molar-refractivity contribution < 1.29 is 34.4 Å². The van der Waals surface area contributed by atoms with Gasteiger partial charge in [-0.1, -0.05) is 33.8 Å². The first-order valence-electron chi connectivity index (χ1n) is 13.1. The Hall–Kier alpha value is -2.61. The first-order valence-corrected chi connectivity index (χ1v) is 13.1. The van der Waals surface area contributed by atoms with Gasteiger partial charge in [-0.3, -0.25) is 9.59 Å². The number of carbonyl (C=O) groups is 3. The van der Waals surface area contributed by atoms with Crippen LogP contribution in [0, 0.1) is 22.7 Å². The quantitative estimate of drug-likeness (QED) is 0.369. The number of aliphatic hydroxyl groups excluding tert-OH is 1. The van der Waals surface area contributed by atoms with E-state index < -0.39 is 23.8 Å². The number of aliphatic hydroxyl groups is 1. The number of ketones is 1. The highest BCUT2D eigenvalue weighted by Gasteiger charge is 2.63. The Morgan fingerprint density at radius 1 is 1.14 bits per heavy atom. The molecule has 4 unspecified atom stereocenters. The summed E-state index contributed by atoms with van der Waals surface area (Å²) in [4.78, 5) is 40.6. The van der Waals surface area contributed by atoms with Crippen LogP contribution in [-0.2, 0) is 25.5 Å². The van der Waals surface area contributed by atoms with Gasteiger partial charge in [0.1, 0.15) is 18.2 Å². The monoisotopic (exact) mass is 501 g/mol. The van der Waals surface area contributed by atoms with Gasteiger partial charge in [0.2, 0.25) is 5.91 Å². The molecule has 198 valence electrons. The topological polar surface area (TPSA) is 124 Å². The third kappa shape index (κ3) is 4.60. The number of fused-ring (bicyclic) bond motifs is 2. The summed E-state index contributed by atoms with van der Waals surface area (Å²) in [5.74, 6) is -1.87. The summed E-state index contributed by atoms with van der Waals surface area (Å²) in [6.45, 7) is 8.83. The van der Waals surface area contributed by atoms with Gasteiger partial charge < -0.3 is 25.0 Å². The minimum atomic E-state index is -1.34. The SMILES string of the molecule is CC(CC(=O)[C@H](O)Cc1ccc(O)c(O)c1)C(=O)N1CCC[C@H]1C(=O)OC1CC2CCC1(C)C2(C)C. The number of ether oxygens (including phenoxy) is 1. The van der Waals surface area contributed by atoms with Crippen molar-refractivity contribution in [3.8, 4) is 11.5 Å². The van der Waals surface area contributed by atoms with E-state index >= 15 is 0 Å². The molecule has 2 bridgehead atoms. The normalized spacial score (nSPS) is 30.2. The molecule has 4 rings (SSSR count). The molecule has 8 nitrogen and oxygen atoms in total. The summed E-state index contributed by atoms with van der Waals surface area (Å²) in [5, 5.41) is 29.4. The summed E-state index contributed by atoms with van der Waals surface area (Å²) in [7, 11) is 0. The highest BCUT2D eigenvalue weighted by atomic mass is 16.5. The van der Waals surface area contributed by atoms with E-state index in [1.807, 2.05) is 0 Å². The predicted molar refractivity (Wildman–Crippen MR) is 132 cm³/mol. The van der Waals surface area contributed by atoms with Crippen LogP contribution in [0.25, 0.3) is 0 Å². The molecule has 3 N–H and O–H groups in total. The molecule has 1 amide bonds. The molecule has 1 aromatic rings. The summed E-state index contributed by atoms with van der Waals surface area (Å²) >= 11 is 0. The van der Waals surface area contributed by atoms with Crippen LogP contribution in [-0.4, -0.2) is 62.7 Å². The summed E-state index contributed by atoms with van der Waals surface area (Å²) in [6, 6.07) is 3.46. The predicted octanol–water partition coefficient (Wildman–Crippen LogP) is 3.35. The van der Waals surface area contributed by atoms with Crippen LogP contribution >= 0.6 is 0 Å². The molecule has 0 radical (unpaired) electrons. The van der Waals surface area contributed by atoms with E-state index in [1.54, 1.807) is 11.8 Å². The molecule has 2 saturated carbocycles. The molecule has 36 heavy (non-hydrogen) atoms. The van der Waals surface area contributed by atoms with Crippen LogP contribution in [0.1, 0.15) is 71.8 Å². The van der Waals surface area contributed by atoms with Crippen molar-refractivity contribution in [2.75, 3.05) is 6.54 Å². The summed E-state index contributed by atoms with van der Waals surface area (Å²) in [5.41, 5.74) is 0.563. The number of rotatable bonds is 8. The van der Waals surface area contributed by atoms with Gasteiger partial charge in [0, 0.05) is 30.7 Å². The molecular weight excluding hydrogens is 462 g/mol. The fraction of sp³-hybridized carbons (Fsp3) is 0.679. The zero-order chi connectivity index (χ0) is 26.4. The van der Waals surface area contributed by atoms with Crippen molar-refractivity contribution in [2.24, 2.45) is 22.7 Å². The number of phenolic OH excluding ortho intramolecular Hbond substituents is 2. The summed E-state index contributed by atoms with van der Waals surface area (Å²) in [6.07, 6.45) is 2.66. The number of aromatic hydroxyl groups is 2. The second-order valence-electron chi connectivity index (χ2n) is 11.8. The second-order valence-corrected chi connectivity index (χ2v) is 11.8. The first-order chi connectivity index (χ1) is 16.8. The van der Waals surface area contributed by atoms with Crippen LogP contribution in [0.4, 0.5) is 0 Å². The number of hydrogen-bond acceptors (Lipinski definition) is 7. The van der Waals surface area contributed by atoms with Crippen LogP contribution in [0.3, 0.4) is 0 Å². The van der Waals surface area contributed by atoms with Crippen molar-refractivity contribution in [3.63, 3.8) is 0 Å². The largest absolute Gasteiger partial charge is 0.504 e. The second kappa shape index (κ2) is 9.69. The molecule has 1 heterocycles. The van der Waals surface area contributed by atoms with Crippen molar-refractivity contribution in [3.05, 3.63) is 23.8 Å². The lowest BCUT2D eigenvalue weighted by atomic mass is 9.70. The maximum absolute atomic E-state index is 13.2. The third-order valence-corrected chi connectivity index (χ3v) is 9.55. The zero-order valence-electron chi connectivity index (χ0n) is 21.7. The van der Waals surface area contributed by atoms with E-state index in [2.05, 4.69) is 20.8 Å². The van der Waals surface area contributed by atoms with Gasteiger partial charge in [-0.2, -0.15) is 0 Å². The fourth-order valence-electron chi connectivity index (χ4n) is 6.64. The highest BCUT2D eigenvalue weighted by Crippen LogP contribution is 2.66. The van der Waals surface area contributed by atoms with Crippen LogP contribution in [0.2, 0.25) is 0 Å². The Kier molecular flexibility index (Phi) is 7.12.